The Morgan fingerprint density at radius 2 is 2.32 bits per heavy atom. The minimum absolute atomic E-state index is 0.110. The van der Waals surface area contributed by atoms with E-state index in [0.717, 1.165) is 6.42 Å². The molecule has 0 radical (unpaired) electrons. The zero-order valence-corrected chi connectivity index (χ0v) is 13.8. The maximum absolute atomic E-state index is 12.2. The van der Waals surface area contributed by atoms with Crippen LogP contribution in [-0.2, 0) is 20.9 Å². The van der Waals surface area contributed by atoms with Gasteiger partial charge in [-0.3, -0.25) is 9.78 Å². The minimum Gasteiger partial charge on any atom is -0.455 e. The second kappa shape index (κ2) is 7.73. The second-order valence-corrected chi connectivity index (χ2v) is 5.62. The van der Waals surface area contributed by atoms with E-state index in [-0.39, 0.29) is 25.0 Å². The van der Waals surface area contributed by atoms with Crippen molar-refractivity contribution in [1.29, 1.82) is 0 Å². The monoisotopic (exact) mass is 346 g/mol. The molecule has 1 saturated heterocycles. The molecule has 9 heteroatoms. The molecule has 1 amide bonds. The quantitative estimate of drug-likeness (QED) is 0.769. The van der Waals surface area contributed by atoms with Crippen LogP contribution in [0.1, 0.15) is 18.7 Å². The highest BCUT2D eigenvalue weighted by Gasteiger charge is 2.30. The van der Waals surface area contributed by atoms with Gasteiger partial charge in [0, 0.05) is 31.0 Å². The van der Waals surface area contributed by atoms with E-state index >= 15 is 0 Å². The molecule has 25 heavy (non-hydrogen) atoms. The molecule has 3 heterocycles. The number of piperidine rings is 1. The fourth-order valence-electron chi connectivity index (χ4n) is 2.64. The van der Waals surface area contributed by atoms with Gasteiger partial charge in [0.2, 0.25) is 5.82 Å². The largest absolute Gasteiger partial charge is 0.455 e. The third-order valence-electron chi connectivity index (χ3n) is 3.91. The number of hydrogen-bond donors (Lipinski definition) is 0. The zero-order valence-electron chi connectivity index (χ0n) is 13.8. The number of rotatable bonds is 4. The van der Waals surface area contributed by atoms with Gasteiger partial charge in [-0.1, -0.05) is 5.16 Å². The van der Waals surface area contributed by atoms with Crippen molar-refractivity contribution in [1.82, 2.24) is 20.0 Å². The molecule has 2 aromatic heterocycles. The summed E-state index contributed by atoms with van der Waals surface area (Å²) in [4.78, 5) is 33.4. The molecule has 1 aliphatic heterocycles. The number of carbonyl (C=O) groups excluding carboxylic acids is 2. The SMILES string of the molecule is COC(=O)N1CCC[C@@H](C(=O)OCc2nc(-c3cccnc3)no2)C1. The molecule has 0 N–H and O–H groups in total. The number of ether oxygens (including phenoxy) is 2. The molecule has 132 valence electrons. The van der Waals surface area contributed by atoms with Crippen LogP contribution in [0.4, 0.5) is 4.79 Å². The fraction of sp³-hybridized carbons (Fsp3) is 0.438. The zero-order chi connectivity index (χ0) is 17.6. The number of amides is 1. The van der Waals surface area contributed by atoms with Crippen molar-refractivity contribution < 1.29 is 23.6 Å². The Labute approximate surface area is 143 Å². The summed E-state index contributed by atoms with van der Waals surface area (Å²) in [7, 11) is 1.32. The molecule has 1 atom stereocenters. The van der Waals surface area contributed by atoms with Gasteiger partial charge in [0.25, 0.3) is 5.89 Å². The molecule has 2 aromatic rings. The van der Waals surface area contributed by atoms with E-state index in [1.165, 1.54) is 12.0 Å². The van der Waals surface area contributed by atoms with Crippen molar-refractivity contribution in [3.8, 4) is 11.4 Å². The highest BCUT2D eigenvalue weighted by Crippen LogP contribution is 2.19. The standard InChI is InChI=1S/C16H18N4O5/c1-23-16(22)20-7-3-5-12(9-20)15(21)24-10-13-18-14(19-25-13)11-4-2-6-17-8-11/h2,4,6,8,12H,3,5,7,9-10H2,1H3/t12-/m1/s1. The molecule has 0 bridgehead atoms. The van der Waals surface area contributed by atoms with Crippen LogP contribution in [0.3, 0.4) is 0 Å². The maximum atomic E-state index is 12.2. The number of aromatic nitrogens is 3. The summed E-state index contributed by atoms with van der Waals surface area (Å²) in [5.41, 5.74) is 0.713. The Morgan fingerprint density at radius 1 is 1.44 bits per heavy atom. The lowest BCUT2D eigenvalue weighted by molar-refractivity contribution is -0.152. The lowest BCUT2D eigenvalue weighted by atomic mass is 9.99. The molecular weight excluding hydrogens is 328 g/mol. The van der Waals surface area contributed by atoms with E-state index in [1.807, 2.05) is 0 Å². The van der Waals surface area contributed by atoms with Gasteiger partial charge in [0.1, 0.15) is 0 Å². The molecule has 0 unspecified atom stereocenters. The van der Waals surface area contributed by atoms with Crippen molar-refractivity contribution in [3.05, 3.63) is 30.4 Å². The topological polar surface area (TPSA) is 108 Å². The molecule has 0 spiro atoms. The Kier molecular flexibility index (Phi) is 5.22. The van der Waals surface area contributed by atoms with Crippen LogP contribution in [0.5, 0.6) is 0 Å². The third-order valence-corrected chi connectivity index (χ3v) is 3.91. The summed E-state index contributed by atoms with van der Waals surface area (Å²) in [5, 5.41) is 3.84. The van der Waals surface area contributed by atoms with Crippen molar-refractivity contribution in [2.75, 3.05) is 20.2 Å². The molecule has 1 fully saturated rings. The number of likely N-dealkylation sites (tertiary alicyclic amines) is 1. The number of pyridine rings is 1. The van der Waals surface area contributed by atoms with Gasteiger partial charge in [0.15, 0.2) is 6.61 Å². The van der Waals surface area contributed by atoms with Gasteiger partial charge in [-0.15, -0.1) is 0 Å². The van der Waals surface area contributed by atoms with Crippen LogP contribution >= 0.6 is 0 Å². The van der Waals surface area contributed by atoms with Gasteiger partial charge in [-0.25, -0.2) is 4.79 Å². The smallest absolute Gasteiger partial charge is 0.409 e. The van der Waals surface area contributed by atoms with Gasteiger partial charge in [-0.2, -0.15) is 4.98 Å². The van der Waals surface area contributed by atoms with E-state index in [1.54, 1.807) is 24.5 Å². The van der Waals surface area contributed by atoms with E-state index in [4.69, 9.17) is 9.26 Å². The third kappa shape index (κ3) is 4.11. The fourth-order valence-corrected chi connectivity index (χ4v) is 2.64. The number of hydrogen-bond acceptors (Lipinski definition) is 8. The summed E-state index contributed by atoms with van der Waals surface area (Å²) in [5.74, 6) is -0.190. The average molecular weight is 346 g/mol. The first-order chi connectivity index (χ1) is 12.2. The Bertz CT molecular complexity index is 733. The summed E-state index contributed by atoms with van der Waals surface area (Å²) < 4.78 is 15.0. The highest BCUT2D eigenvalue weighted by molar-refractivity contribution is 5.74. The average Bonchev–Trinajstić information content (AvgIpc) is 3.15. The van der Waals surface area contributed by atoms with E-state index in [0.29, 0.717) is 24.4 Å². The number of esters is 1. The summed E-state index contributed by atoms with van der Waals surface area (Å²) in [6.45, 7) is 0.756. The van der Waals surface area contributed by atoms with Gasteiger partial charge < -0.3 is 18.9 Å². The Hall–Kier alpha value is -2.97. The molecule has 0 aromatic carbocycles. The van der Waals surface area contributed by atoms with Crippen LogP contribution < -0.4 is 0 Å². The van der Waals surface area contributed by atoms with Crippen LogP contribution in [0.15, 0.2) is 29.0 Å². The predicted molar refractivity (Wildman–Crippen MR) is 84.0 cm³/mol. The normalized spacial score (nSPS) is 17.2. The first-order valence-corrected chi connectivity index (χ1v) is 7.90. The summed E-state index contributed by atoms with van der Waals surface area (Å²) in [6, 6.07) is 3.57. The highest BCUT2D eigenvalue weighted by atomic mass is 16.6. The van der Waals surface area contributed by atoms with Gasteiger partial charge in [0.05, 0.1) is 13.0 Å². The van der Waals surface area contributed by atoms with Crippen LogP contribution in [0.2, 0.25) is 0 Å². The molecule has 9 nitrogen and oxygen atoms in total. The number of nitrogens with zero attached hydrogens (tertiary/aromatic N) is 4. The molecule has 0 aliphatic carbocycles. The van der Waals surface area contributed by atoms with Crippen LogP contribution in [0.25, 0.3) is 11.4 Å². The van der Waals surface area contributed by atoms with E-state index in [9.17, 15) is 9.59 Å². The van der Waals surface area contributed by atoms with Crippen molar-refractivity contribution in [3.63, 3.8) is 0 Å². The van der Waals surface area contributed by atoms with Crippen molar-refractivity contribution in [2.45, 2.75) is 19.4 Å². The predicted octanol–water partition coefficient (Wildman–Crippen LogP) is 1.65. The summed E-state index contributed by atoms with van der Waals surface area (Å²) in [6.07, 6.45) is 4.21. The molecule has 1 aliphatic rings. The van der Waals surface area contributed by atoms with E-state index < -0.39 is 12.1 Å². The number of carbonyl (C=O) groups is 2. The second-order valence-electron chi connectivity index (χ2n) is 5.62. The Balaban J connectivity index is 1.54. The molecule has 0 saturated carbocycles. The minimum atomic E-state index is -0.435. The van der Waals surface area contributed by atoms with Crippen LogP contribution in [0, 0.1) is 5.92 Å². The number of methoxy groups -OCH3 is 1. The van der Waals surface area contributed by atoms with E-state index in [2.05, 4.69) is 19.9 Å². The summed E-state index contributed by atoms with van der Waals surface area (Å²) >= 11 is 0. The van der Waals surface area contributed by atoms with Gasteiger partial charge in [-0.05, 0) is 25.0 Å². The van der Waals surface area contributed by atoms with Crippen molar-refractivity contribution in [2.24, 2.45) is 5.92 Å². The van der Waals surface area contributed by atoms with Gasteiger partial charge >= 0.3 is 12.1 Å². The lowest BCUT2D eigenvalue weighted by Gasteiger charge is -2.30. The van der Waals surface area contributed by atoms with Crippen LogP contribution in [-0.4, -0.2) is 52.3 Å². The van der Waals surface area contributed by atoms with Crippen molar-refractivity contribution >= 4 is 12.1 Å². The molecule has 3 rings (SSSR count). The Morgan fingerprint density at radius 3 is 3.08 bits per heavy atom. The first kappa shape index (κ1) is 16.9. The lowest BCUT2D eigenvalue weighted by Crippen LogP contribution is -2.42. The molecular formula is C16H18N4O5. The first-order valence-electron chi connectivity index (χ1n) is 7.90. The maximum Gasteiger partial charge on any atom is 0.409 e.